The predicted molar refractivity (Wildman–Crippen MR) is 58.4 cm³/mol. The van der Waals surface area contributed by atoms with Crippen LogP contribution < -0.4 is 21.3 Å². The van der Waals surface area contributed by atoms with Crippen molar-refractivity contribution in [1.82, 2.24) is 4.57 Å². The van der Waals surface area contributed by atoms with Gasteiger partial charge in [0.05, 0.1) is 13.6 Å². The van der Waals surface area contributed by atoms with Crippen molar-refractivity contribution in [2.45, 2.75) is 26.3 Å². The molecule has 0 fully saturated rings. The number of imidazole rings is 1. The Balaban J connectivity index is 0.000000424. The van der Waals surface area contributed by atoms with Gasteiger partial charge in [-0.15, -0.1) is 0 Å². The molecule has 1 aromatic rings. The maximum atomic E-state index is 3.17. The molecule has 0 spiro atoms. The van der Waals surface area contributed by atoms with Crippen LogP contribution in [-0.2, 0) is 13.6 Å². The molecule has 0 aromatic carbocycles. The van der Waals surface area contributed by atoms with Crippen LogP contribution in [0, 0.1) is 0 Å². The molecule has 1 aromatic heterocycles. The zero-order valence-corrected chi connectivity index (χ0v) is 13.2. The van der Waals surface area contributed by atoms with Crippen LogP contribution in [0.1, 0.15) is 19.8 Å². The van der Waals surface area contributed by atoms with Gasteiger partial charge >= 0.3 is 42.1 Å². The van der Waals surface area contributed by atoms with Crippen LogP contribution in [0.25, 0.3) is 0 Å². The zero-order chi connectivity index (χ0) is 10.1. The van der Waals surface area contributed by atoms with Crippen molar-refractivity contribution in [2.75, 3.05) is 0 Å². The Labute approximate surface area is 102 Å². The van der Waals surface area contributed by atoms with E-state index in [1.54, 1.807) is 0 Å². The van der Waals surface area contributed by atoms with Gasteiger partial charge in [-0.3, -0.25) is 0 Å². The van der Waals surface area contributed by atoms with Gasteiger partial charge < -0.3 is 0 Å². The molecule has 13 heavy (non-hydrogen) atoms. The topological polar surface area (TPSA) is 8.81 Å². The van der Waals surface area contributed by atoms with Crippen molar-refractivity contribution < 1.29 is 21.3 Å². The van der Waals surface area contributed by atoms with E-state index in [9.17, 15) is 0 Å². The third-order valence-corrected chi connectivity index (χ3v) is 1.59. The molecule has 0 unspecified atom stereocenters. The Morgan fingerprint density at radius 1 is 1.46 bits per heavy atom. The maximum Gasteiger partial charge on any atom is 0.243 e. The molecule has 0 atom stereocenters. The fourth-order valence-corrected chi connectivity index (χ4v) is 0.975. The van der Waals surface area contributed by atoms with E-state index in [1.165, 1.54) is 12.8 Å². The average Bonchev–Trinajstić information content (AvgIpc) is 2.49. The first-order valence-electron chi connectivity index (χ1n) is 4.12. The van der Waals surface area contributed by atoms with Crippen LogP contribution >= 0.6 is 25.4 Å². The van der Waals surface area contributed by atoms with E-state index in [-0.39, 0.29) is 16.8 Å². The minimum absolute atomic E-state index is 0.215. The maximum absolute atomic E-state index is 3.17. The Morgan fingerprint density at radius 3 is 2.46 bits per heavy atom. The van der Waals surface area contributed by atoms with Gasteiger partial charge in [0.15, 0.2) is 0 Å². The molecule has 0 aliphatic rings. The molecule has 0 saturated heterocycles. The van der Waals surface area contributed by atoms with E-state index in [0.29, 0.717) is 0 Å². The molecule has 0 bridgehead atoms. The molecule has 78 valence electrons. The number of nitrogens with zero attached hydrogens (tertiary/aromatic N) is 2. The van der Waals surface area contributed by atoms with Crippen molar-refractivity contribution in [3.05, 3.63) is 18.7 Å². The van der Waals surface area contributed by atoms with E-state index >= 15 is 0 Å². The van der Waals surface area contributed by atoms with Crippen LogP contribution in [-0.4, -0.2) is 4.57 Å². The smallest absolute Gasteiger partial charge is 0.240 e. The summed E-state index contributed by atoms with van der Waals surface area (Å²) >= 11 is 6.56. The molecule has 5 heteroatoms. The molecule has 0 aliphatic carbocycles. The van der Waals surface area contributed by atoms with Gasteiger partial charge in [0, 0.05) is 0 Å². The average molecular weight is 426 g/mol. The molecule has 2 nitrogen and oxygen atoms in total. The first kappa shape index (κ1) is 13.9. The largest absolute Gasteiger partial charge is 0.243 e. The number of halogens is 3. The van der Waals surface area contributed by atoms with Crippen LogP contribution in [0.3, 0.4) is 0 Å². The fourth-order valence-electron chi connectivity index (χ4n) is 0.975. The molecule has 0 amide bonds. The van der Waals surface area contributed by atoms with Gasteiger partial charge in [-0.1, -0.05) is 13.3 Å². The summed E-state index contributed by atoms with van der Waals surface area (Å²) in [6, 6.07) is 0. The molecule has 1 heterocycles. The summed E-state index contributed by atoms with van der Waals surface area (Å²) in [7, 11) is 2.04. The van der Waals surface area contributed by atoms with Crippen LogP contribution in [0.2, 0.25) is 0 Å². The summed E-state index contributed by atoms with van der Waals surface area (Å²) in [5, 5.41) is 0. The summed E-state index contributed by atoms with van der Waals surface area (Å²) in [6.45, 7) is 3.36. The molecule has 0 saturated carbocycles. The molecule has 0 aliphatic heterocycles. The Hall–Kier alpha value is 0.900. The minimum atomic E-state index is 0.215. The number of hydrogen-bond donors (Lipinski definition) is 0. The Bertz CT molecular complexity index is 216. The second-order valence-electron chi connectivity index (χ2n) is 2.72. The van der Waals surface area contributed by atoms with Crippen LogP contribution in [0.15, 0.2) is 18.7 Å². The van der Waals surface area contributed by atoms with Gasteiger partial charge in [-0.05, 0) is 6.42 Å². The van der Waals surface area contributed by atoms with Crippen molar-refractivity contribution in [3.8, 4) is 0 Å². The van der Waals surface area contributed by atoms with Crippen molar-refractivity contribution >= 4 is 25.4 Å². The molecular weight excluding hydrogens is 411 g/mol. The van der Waals surface area contributed by atoms with E-state index in [2.05, 4.69) is 60.2 Å². The predicted octanol–water partition coefficient (Wildman–Crippen LogP) is -0.192. The Morgan fingerprint density at radius 2 is 2.08 bits per heavy atom. The van der Waals surface area contributed by atoms with Gasteiger partial charge in [0.1, 0.15) is 12.4 Å². The number of unbranched alkanes of at least 4 members (excludes halogenated alkanes) is 1. The first-order chi connectivity index (χ1) is 6.24. The third kappa shape index (κ3) is 7.93. The fraction of sp³-hybridized carbons (Fsp3) is 0.625. The summed E-state index contributed by atoms with van der Waals surface area (Å²) in [5.41, 5.74) is 0. The van der Waals surface area contributed by atoms with E-state index in [4.69, 9.17) is 0 Å². The third-order valence-electron chi connectivity index (χ3n) is 1.59. The van der Waals surface area contributed by atoms with Crippen molar-refractivity contribution in [1.29, 1.82) is 0 Å². The summed E-state index contributed by atoms with van der Waals surface area (Å²) < 4.78 is 4.28. The second kappa shape index (κ2) is 9.45. The number of aromatic nitrogens is 2. The van der Waals surface area contributed by atoms with Gasteiger partial charge in [0.25, 0.3) is 0 Å². The van der Waals surface area contributed by atoms with Crippen molar-refractivity contribution in [3.63, 3.8) is 0 Å². The summed E-state index contributed by atoms with van der Waals surface area (Å²) in [5.74, 6) is 0. The normalized spacial score (nSPS) is 9.54. The first-order valence-corrected chi connectivity index (χ1v) is 13.8. The number of rotatable bonds is 3. The van der Waals surface area contributed by atoms with Gasteiger partial charge in [-0.25, -0.2) is 9.13 Å². The molecule has 0 radical (unpaired) electrons. The quantitative estimate of drug-likeness (QED) is 0.469. The SMILES string of the molecule is Br[I-]Br.CCCCn1cc[n+](C)c1. The number of aryl methyl sites for hydroxylation is 2. The molecule has 1 rings (SSSR count). The van der Waals surface area contributed by atoms with E-state index in [0.717, 1.165) is 6.54 Å². The second-order valence-corrected chi connectivity index (χ2v) is 12.5. The standard InChI is InChI=1S/C8H15N2.Br2I/c1-3-4-5-10-7-6-9(2)8-10;1-3-2/h6-8H,3-5H2,1-2H3;/q+1;-1. The van der Waals surface area contributed by atoms with E-state index < -0.39 is 0 Å². The van der Waals surface area contributed by atoms with Gasteiger partial charge in [-0.2, -0.15) is 0 Å². The Kier molecular flexibility index (Phi) is 10.1. The van der Waals surface area contributed by atoms with Crippen LogP contribution in [0.5, 0.6) is 0 Å². The monoisotopic (exact) mass is 424 g/mol. The van der Waals surface area contributed by atoms with Gasteiger partial charge in [0.2, 0.25) is 6.33 Å². The molecule has 0 N–H and O–H groups in total. The summed E-state index contributed by atoms with van der Waals surface area (Å²) in [4.78, 5) is 0. The van der Waals surface area contributed by atoms with Crippen molar-refractivity contribution in [2.24, 2.45) is 7.05 Å². The minimum Gasteiger partial charge on any atom is -0.240 e. The molecular formula is C8H15Br2IN2. The zero-order valence-electron chi connectivity index (χ0n) is 7.88. The van der Waals surface area contributed by atoms with Crippen LogP contribution in [0.4, 0.5) is 0 Å². The van der Waals surface area contributed by atoms with E-state index in [1.807, 2.05) is 7.05 Å². The number of hydrogen-bond acceptors (Lipinski definition) is 0. The summed E-state index contributed by atoms with van der Waals surface area (Å²) in [6.07, 6.45) is 8.82.